The van der Waals surface area contributed by atoms with Gasteiger partial charge < -0.3 is 20.1 Å². The van der Waals surface area contributed by atoms with Crippen molar-refractivity contribution in [2.24, 2.45) is 0 Å². The third-order valence-corrected chi connectivity index (χ3v) is 5.61. The fraction of sp³-hybridized carbons (Fsp3) is 0.292. The molecule has 0 saturated heterocycles. The van der Waals surface area contributed by atoms with Crippen molar-refractivity contribution in [2.75, 3.05) is 26.1 Å². The van der Waals surface area contributed by atoms with E-state index < -0.39 is 0 Å². The minimum Gasteiger partial charge on any atom is -0.493 e. The first-order valence-corrected chi connectivity index (χ1v) is 11.0. The number of carbonyl (C=O) groups is 2. The molecular weight excluding hydrogens is 426 g/mol. The molecule has 2 amide bonds. The molecule has 0 atom stereocenters. The van der Waals surface area contributed by atoms with E-state index in [9.17, 15) is 9.59 Å². The van der Waals surface area contributed by atoms with Gasteiger partial charge in [-0.15, -0.1) is 11.3 Å². The topological polar surface area (TPSA) is 89.6 Å². The molecule has 168 valence electrons. The first kappa shape index (κ1) is 23.3. The fourth-order valence-corrected chi connectivity index (χ4v) is 3.74. The van der Waals surface area contributed by atoms with Gasteiger partial charge in [-0.1, -0.05) is 32.9 Å². The molecular formula is C24H27N3O4S. The van der Waals surface area contributed by atoms with E-state index >= 15 is 0 Å². The van der Waals surface area contributed by atoms with Crippen LogP contribution in [0.5, 0.6) is 11.5 Å². The maximum Gasteiger partial charge on any atom is 0.251 e. The van der Waals surface area contributed by atoms with Gasteiger partial charge in [-0.25, -0.2) is 4.98 Å². The van der Waals surface area contributed by atoms with Gasteiger partial charge in [0.25, 0.3) is 5.91 Å². The lowest BCUT2D eigenvalue weighted by atomic mass is 9.87. The average molecular weight is 454 g/mol. The van der Waals surface area contributed by atoms with Crippen molar-refractivity contribution in [3.05, 3.63) is 59.0 Å². The molecule has 0 aliphatic carbocycles. The van der Waals surface area contributed by atoms with Gasteiger partial charge in [0.15, 0.2) is 16.6 Å². The van der Waals surface area contributed by atoms with Gasteiger partial charge in [-0.05, 0) is 41.3 Å². The van der Waals surface area contributed by atoms with Crippen molar-refractivity contribution in [3.63, 3.8) is 0 Å². The van der Waals surface area contributed by atoms with E-state index in [4.69, 9.17) is 9.47 Å². The quantitative estimate of drug-likeness (QED) is 0.550. The van der Waals surface area contributed by atoms with Crippen LogP contribution in [-0.4, -0.2) is 37.6 Å². The van der Waals surface area contributed by atoms with Crippen molar-refractivity contribution in [2.45, 2.75) is 26.2 Å². The summed E-state index contributed by atoms with van der Waals surface area (Å²) in [6.45, 7) is 6.19. The minimum atomic E-state index is -0.349. The predicted molar refractivity (Wildman–Crippen MR) is 127 cm³/mol. The number of anilines is 1. The summed E-state index contributed by atoms with van der Waals surface area (Å²) >= 11 is 1.30. The summed E-state index contributed by atoms with van der Waals surface area (Å²) in [4.78, 5) is 29.1. The number of benzene rings is 2. The van der Waals surface area contributed by atoms with Crippen LogP contribution in [0.1, 0.15) is 36.7 Å². The number of carbonyl (C=O) groups excluding carboxylic acids is 2. The Balaban J connectivity index is 1.57. The Morgan fingerprint density at radius 2 is 1.69 bits per heavy atom. The molecule has 2 aromatic carbocycles. The Hall–Kier alpha value is -3.39. The maximum atomic E-state index is 12.3. The van der Waals surface area contributed by atoms with E-state index in [1.54, 1.807) is 32.4 Å². The summed E-state index contributed by atoms with van der Waals surface area (Å²) in [7, 11) is 3.15. The molecule has 1 aromatic heterocycles. The molecule has 0 aliphatic heterocycles. The number of ether oxygens (including phenoxy) is 2. The number of rotatable bonds is 7. The molecule has 2 N–H and O–H groups in total. The van der Waals surface area contributed by atoms with E-state index in [1.807, 2.05) is 29.6 Å². The second-order valence-electron chi connectivity index (χ2n) is 8.17. The van der Waals surface area contributed by atoms with Crippen LogP contribution in [0.15, 0.2) is 47.8 Å². The van der Waals surface area contributed by atoms with Crippen LogP contribution < -0.4 is 20.1 Å². The first-order chi connectivity index (χ1) is 15.2. The zero-order valence-corrected chi connectivity index (χ0v) is 19.6. The number of nitrogens with one attached hydrogen (secondary N) is 2. The molecule has 3 rings (SSSR count). The number of thiazole rings is 1. The third-order valence-electron chi connectivity index (χ3n) is 4.85. The van der Waals surface area contributed by atoms with E-state index in [-0.39, 0.29) is 23.8 Å². The Morgan fingerprint density at radius 3 is 2.31 bits per heavy atom. The van der Waals surface area contributed by atoms with Gasteiger partial charge in [-0.2, -0.15) is 0 Å². The fourth-order valence-electron chi connectivity index (χ4n) is 3.01. The lowest BCUT2D eigenvalue weighted by molar-refractivity contribution is -0.115. The number of hydrogen-bond donors (Lipinski definition) is 2. The van der Waals surface area contributed by atoms with Gasteiger partial charge in [0, 0.05) is 16.5 Å². The normalized spacial score (nSPS) is 11.0. The molecule has 0 spiro atoms. The van der Waals surface area contributed by atoms with Crippen LogP contribution in [0.4, 0.5) is 5.13 Å². The van der Waals surface area contributed by atoms with Crippen LogP contribution in [0.25, 0.3) is 11.3 Å². The molecule has 8 heteroatoms. The zero-order chi connectivity index (χ0) is 23.3. The van der Waals surface area contributed by atoms with E-state index in [2.05, 4.69) is 36.4 Å². The second-order valence-corrected chi connectivity index (χ2v) is 9.02. The Morgan fingerprint density at radius 1 is 1.00 bits per heavy atom. The first-order valence-electron chi connectivity index (χ1n) is 10.1. The SMILES string of the molecule is COc1ccc(-c2csc(NC(=O)CNC(=O)c3ccc(C(C)(C)C)cc3)n2)cc1OC. The summed E-state index contributed by atoms with van der Waals surface area (Å²) in [5, 5.41) is 7.64. The van der Waals surface area contributed by atoms with E-state index in [1.165, 1.54) is 11.3 Å². The smallest absolute Gasteiger partial charge is 0.251 e. The number of aromatic nitrogens is 1. The second kappa shape index (κ2) is 9.82. The molecule has 7 nitrogen and oxygen atoms in total. The highest BCUT2D eigenvalue weighted by Crippen LogP contribution is 2.33. The molecule has 0 radical (unpaired) electrons. The molecule has 1 heterocycles. The molecule has 0 unspecified atom stereocenters. The molecule has 0 bridgehead atoms. The number of hydrogen-bond acceptors (Lipinski definition) is 6. The highest BCUT2D eigenvalue weighted by molar-refractivity contribution is 7.14. The van der Waals surface area contributed by atoms with Crippen LogP contribution >= 0.6 is 11.3 Å². The van der Waals surface area contributed by atoms with Gasteiger partial charge in [0.05, 0.1) is 26.5 Å². The number of methoxy groups -OCH3 is 2. The molecule has 32 heavy (non-hydrogen) atoms. The zero-order valence-electron chi connectivity index (χ0n) is 18.8. The third kappa shape index (κ3) is 5.64. The summed E-state index contributed by atoms with van der Waals surface area (Å²) in [6, 6.07) is 12.9. The van der Waals surface area contributed by atoms with Gasteiger partial charge in [0.1, 0.15) is 0 Å². The van der Waals surface area contributed by atoms with E-state index in [0.717, 1.165) is 11.1 Å². The van der Waals surface area contributed by atoms with Gasteiger partial charge >= 0.3 is 0 Å². The lowest BCUT2D eigenvalue weighted by Crippen LogP contribution is -2.32. The highest BCUT2D eigenvalue weighted by atomic mass is 32.1. The number of nitrogens with zero attached hydrogens (tertiary/aromatic N) is 1. The van der Waals surface area contributed by atoms with Crippen molar-refractivity contribution in [1.82, 2.24) is 10.3 Å². The lowest BCUT2D eigenvalue weighted by Gasteiger charge is -2.19. The Kier molecular flexibility index (Phi) is 7.15. The van der Waals surface area contributed by atoms with Crippen LogP contribution in [-0.2, 0) is 10.2 Å². The van der Waals surface area contributed by atoms with E-state index in [0.29, 0.717) is 27.9 Å². The largest absolute Gasteiger partial charge is 0.493 e. The van der Waals surface area contributed by atoms with Crippen LogP contribution in [0, 0.1) is 0 Å². The highest BCUT2D eigenvalue weighted by Gasteiger charge is 2.15. The van der Waals surface area contributed by atoms with Gasteiger partial charge in [0.2, 0.25) is 5.91 Å². The molecule has 0 fully saturated rings. The Labute approximate surface area is 191 Å². The molecule has 0 aliphatic rings. The van der Waals surface area contributed by atoms with Crippen molar-refractivity contribution >= 4 is 28.3 Å². The monoisotopic (exact) mass is 453 g/mol. The standard InChI is InChI=1S/C24H27N3O4S/c1-24(2,3)17-9-6-15(7-10-17)22(29)25-13-21(28)27-23-26-18(14-32-23)16-8-11-19(30-4)20(12-16)31-5/h6-12,14H,13H2,1-5H3,(H,25,29)(H,26,27,28). The van der Waals surface area contributed by atoms with Crippen molar-refractivity contribution in [3.8, 4) is 22.8 Å². The average Bonchev–Trinajstić information content (AvgIpc) is 3.24. The predicted octanol–water partition coefficient (Wildman–Crippen LogP) is 4.49. The van der Waals surface area contributed by atoms with Crippen LogP contribution in [0.2, 0.25) is 0 Å². The Bertz CT molecular complexity index is 1100. The maximum absolute atomic E-state index is 12.3. The summed E-state index contributed by atoms with van der Waals surface area (Å²) < 4.78 is 10.6. The van der Waals surface area contributed by atoms with Crippen LogP contribution in [0.3, 0.4) is 0 Å². The van der Waals surface area contributed by atoms with Gasteiger partial charge in [-0.3, -0.25) is 9.59 Å². The van der Waals surface area contributed by atoms with Crippen molar-refractivity contribution < 1.29 is 19.1 Å². The molecule has 0 saturated carbocycles. The summed E-state index contributed by atoms with van der Waals surface area (Å²) in [5.74, 6) is 0.578. The van der Waals surface area contributed by atoms with Crippen molar-refractivity contribution in [1.29, 1.82) is 0 Å². The number of amides is 2. The molecule has 3 aromatic rings. The minimum absolute atomic E-state index is 0.0123. The summed E-state index contributed by atoms with van der Waals surface area (Å²) in [5.41, 5.74) is 3.20. The summed E-state index contributed by atoms with van der Waals surface area (Å²) in [6.07, 6.45) is 0.